The van der Waals surface area contributed by atoms with Crippen molar-refractivity contribution in [2.45, 2.75) is 0 Å². The van der Waals surface area contributed by atoms with Gasteiger partial charge in [0.05, 0.1) is 0 Å². The van der Waals surface area contributed by atoms with Gasteiger partial charge in [0.15, 0.2) is 0 Å². The Labute approximate surface area is 105 Å². The topological polar surface area (TPSA) is 143 Å². The minimum absolute atomic E-state index is 0. The summed E-state index contributed by atoms with van der Waals surface area (Å²) in [6, 6.07) is 0. The van der Waals surface area contributed by atoms with Crippen LogP contribution in [0.2, 0.25) is 0 Å². The summed E-state index contributed by atoms with van der Waals surface area (Å²) in [6.07, 6.45) is 0. The van der Waals surface area contributed by atoms with Crippen molar-refractivity contribution in [1.82, 2.24) is 0 Å². The molecule has 0 aromatic heterocycles. The first-order valence-corrected chi connectivity index (χ1v) is 1.34. The zero-order chi connectivity index (χ0) is 12.0. The van der Waals surface area contributed by atoms with Crippen molar-refractivity contribution in [2.24, 2.45) is 0 Å². The maximum Gasteiger partial charge on any atom is 2.00 e. The summed E-state index contributed by atoms with van der Waals surface area (Å²) in [5.74, 6) is 0. The minimum Gasteiger partial charge on any atom is -0.512 e. The van der Waals surface area contributed by atoms with Crippen LogP contribution >= 0.6 is 0 Å². The van der Waals surface area contributed by atoms with Crippen LogP contribution in [0.1, 0.15) is 0 Å². The van der Waals surface area contributed by atoms with Gasteiger partial charge in [0.25, 0.3) is 0 Å². The normalized spacial score (nSPS) is 0.857. The van der Waals surface area contributed by atoms with E-state index in [1.54, 1.807) is 0 Å². The summed E-state index contributed by atoms with van der Waals surface area (Å²) in [5, 5.41) is 37.5. The second-order valence-corrected chi connectivity index (χ2v) is 0. The van der Waals surface area contributed by atoms with E-state index in [9.17, 15) is 0 Å². The van der Waals surface area contributed by atoms with E-state index < -0.39 is 0 Å². The van der Waals surface area contributed by atoms with Gasteiger partial charge in [-0.15, -0.1) is 0 Å². The number of hydrogen-bond donors (Lipinski definition) is 0. The molecule has 0 amide bonds. The predicted octanol–water partition coefficient (Wildman–Crippen LogP) is 0.573. The second kappa shape index (κ2) is 268. The van der Waals surface area contributed by atoms with E-state index in [4.69, 9.17) is 71.0 Å². The fourth-order valence-electron chi connectivity index (χ4n) is 0. The molecule has 0 atom stereocenters. The first-order chi connectivity index (χ1) is 6.00. The van der Waals surface area contributed by atoms with Crippen molar-refractivity contribution < 1.29 is 34.1 Å². The largest absolute Gasteiger partial charge is 2.00 e. The van der Waals surface area contributed by atoms with E-state index in [0.29, 0.717) is 0 Å². The molecule has 2 radical (unpaired) electrons. The van der Waals surface area contributed by atoms with Gasteiger partial charge in [0.2, 0.25) is 0 Å². The van der Waals surface area contributed by atoms with Gasteiger partial charge in [-0.05, 0) is 0 Å². The smallest absolute Gasteiger partial charge is 0.512 e. The molecule has 0 bridgehead atoms. The first kappa shape index (κ1) is 91.2. The van der Waals surface area contributed by atoms with Gasteiger partial charge in [-0.2, -0.15) is 0 Å². The van der Waals surface area contributed by atoms with E-state index in [1.165, 1.54) is 0 Å². The Morgan fingerprint density at radius 1 is 0.286 bits per heavy atom. The molecule has 0 heterocycles. The maximum absolute atomic E-state index is 6.25. The van der Waals surface area contributed by atoms with Crippen molar-refractivity contribution >= 4 is 0 Å². The van der Waals surface area contributed by atoms with Crippen molar-refractivity contribution in [3.8, 4) is 0 Å². The summed E-state index contributed by atoms with van der Waals surface area (Å²) < 4.78 is 0. The van der Waals surface area contributed by atoms with E-state index in [-0.39, 0.29) is 34.1 Å². The summed E-state index contributed by atoms with van der Waals surface area (Å²) in [6.45, 7) is 28.5. The molecular formula is C6Cu2N6-2. The number of rotatable bonds is 0. The molecule has 0 rings (SSSR count). The Hall–Kier alpha value is -2.02. The van der Waals surface area contributed by atoms with Gasteiger partial charge in [0.1, 0.15) is 0 Å². The first-order valence-electron chi connectivity index (χ1n) is 1.34. The number of hydrogen-bond acceptors (Lipinski definition) is 6. The summed E-state index contributed by atoms with van der Waals surface area (Å²) >= 11 is 0. The minimum atomic E-state index is 0. The van der Waals surface area contributed by atoms with Gasteiger partial charge < -0.3 is 71.0 Å². The van der Waals surface area contributed by atoms with Crippen LogP contribution in [0.3, 0.4) is 0 Å². The third-order valence-electron chi connectivity index (χ3n) is 0. The average molecular weight is 283 g/mol. The molecule has 0 spiro atoms. The molecule has 78 valence electrons. The Morgan fingerprint density at radius 3 is 0.286 bits per heavy atom. The summed E-state index contributed by atoms with van der Waals surface area (Å²) in [4.78, 5) is 0. The molecule has 0 aliphatic heterocycles. The van der Waals surface area contributed by atoms with Gasteiger partial charge >= 0.3 is 34.1 Å². The van der Waals surface area contributed by atoms with Crippen LogP contribution < -0.4 is 0 Å². The van der Waals surface area contributed by atoms with Crippen LogP contribution in [0.5, 0.6) is 0 Å². The molecular weight excluding hydrogens is 283 g/mol. The Balaban J connectivity index is -0.00000000500. The van der Waals surface area contributed by atoms with E-state index in [2.05, 4.69) is 0 Å². The molecule has 0 saturated heterocycles. The fraction of sp³-hybridized carbons (Fsp3) is 0. The second-order valence-electron chi connectivity index (χ2n) is 0. The fourth-order valence-corrected chi connectivity index (χ4v) is 0. The standard InChI is InChI=1S/6CN.2Cu/c6*1-2;;/q6*-1;2*+2. The number of nitrogens with zero attached hydrogens (tertiary/aromatic N) is 6. The summed E-state index contributed by atoms with van der Waals surface area (Å²) in [7, 11) is 0. The SMILES string of the molecule is [C-]#N.[C-]#N.[C-]#N.[C-]#N.[C-]#N.[C-]#N.[Cu+2].[Cu+2]. The molecule has 8 heteroatoms. The van der Waals surface area contributed by atoms with Crippen LogP contribution in [0.15, 0.2) is 0 Å². The third-order valence-corrected chi connectivity index (χ3v) is 0. The van der Waals surface area contributed by atoms with E-state index >= 15 is 0 Å². The van der Waals surface area contributed by atoms with Gasteiger partial charge in [-0.3, -0.25) is 0 Å². The molecule has 0 aromatic rings. The molecule has 0 fully saturated rings. The molecule has 6 nitrogen and oxygen atoms in total. The molecule has 0 aromatic carbocycles. The van der Waals surface area contributed by atoms with Crippen molar-refractivity contribution in [1.29, 1.82) is 31.6 Å². The van der Waals surface area contributed by atoms with Gasteiger partial charge in [0, 0.05) is 0 Å². The predicted molar refractivity (Wildman–Crippen MR) is 29.8 cm³/mol. The Morgan fingerprint density at radius 2 is 0.286 bits per heavy atom. The Kier molecular flexibility index (Phi) is 1740. The molecule has 14 heavy (non-hydrogen) atoms. The quantitative estimate of drug-likeness (QED) is 0.469. The van der Waals surface area contributed by atoms with Crippen molar-refractivity contribution in [3.05, 3.63) is 39.4 Å². The monoisotopic (exact) mass is 282 g/mol. The molecule has 0 aliphatic rings. The van der Waals surface area contributed by atoms with Gasteiger partial charge in [-0.1, -0.05) is 0 Å². The van der Waals surface area contributed by atoms with E-state index in [1.807, 2.05) is 0 Å². The molecule has 0 unspecified atom stereocenters. The summed E-state index contributed by atoms with van der Waals surface area (Å²) in [5.41, 5.74) is 0. The van der Waals surface area contributed by atoms with Crippen LogP contribution in [-0.2, 0) is 34.1 Å². The van der Waals surface area contributed by atoms with Crippen LogP contribution in [-0.4, -0.2) is 0 Å². The molecule has 0 N–H and O–H groups in total. The van der Waals surface area contributed by atoms with Crippen LogP contribution in [0, 0.1) is 71.0 Å². The van der Waals surface area contributed by atoms with Crippen molar-refractivity contribution in [3.63, 3.8) is 0 Å². The van der Waals surface area contributed by atoms with Gasteiger partial charge in [-0.25, -0.2) is 0 Å². The van der Waals surface area contributed by atoms with Crippen LogP contribution in [0.4, 0.5) is 0 Å². The third kappa shape index (κ3) is 197. The zero-order valence-electron chi connectivity index (χ0n) is 6.29. The van der Waals surface area contributed by atoms with Crippen molar-refractivity contribution in [2.75, 3.05) is 0 Å². The zero-order valence-corrected chi connectivity index (χ0v) is 8.17. The molecule has 0 saturated carbocycles. The Bertz CT molecular complexity index is 95.3. The average Bonchev–Trinajstić information content (AvgIpc) is 2.33. The van der Waals surface area contributed by atoms with Crippen LogP contribution in [0.25, 0.3) is 0 Å². The van der Waals surface area contributed by atoms with E-state index in [0.717, 1.165) is 0 Å². The maximum atomic E-state index is 6.25. The molecule has 0 aliphatic carbocycles.